The Hall–Kier alpha value is -2.50. The number of hydrogen-bond acceptors (Lipinski definition) is 4. The highest BCUT2D eigenvalue weighted by Gasteiger charge is 2.35. The number of hydrogen-bond donors (Lipinski definition) is 1. The molecule has 2 amide bonds. The monoisotopic (exact) mass is 581 g/mol. The number of carbonyl (C=O) groups excluding carboxylic acids is 2. The lowest BCUT2D eigenvalue weighted by molar-refractivity contribution is -0.139. The van der Waals surface area contributed by atoms with E-state index in [0.717, 1.165) is 23.3 Å². The molecule has 204 valence electrons. The average molecular weight is 582 g/mol. The van der Waals surface area contributed by atoms with E-state index in [4.69, 9.17) is 23.2 Å². The van der Waals surface area contributed by atoms with Crippen LogP contribution in [0.3, 0.4) is 0 Å². The molecule has 0 saturated heterocycles. The van der Waals surface area contributed by atoms with Crippen molar-refractivity contribution in [2.24, 2.45) is 0 Å². The van der Waals surface area contributed by atoms with E-state index in [2.05, 4.69) is 5.32 Å². The molecule has 0 fully saturated rings. The predicted octanol–water partition coefficient (Wildman–Crippen LogP) is 5.11. The summed E-state index contributed by atoms with van der Waals surface area (Å²) < 4.78 is 65.9. The van der Waals surface area contributed by atoms with Gasteiger partial charge in [0, 0.05) is 17.6 Å². The van der Waals surface area contributed by atoms with Crippen LogP contribution in [0, 0.1) is 0 Å². The van der Waals surface area contributed by atoms with Crippen LogP contribution >= 0.6 is 23.2 Å². The maximum absolute atomic E-state index is 13.5. The number of sulfonamides is 1. The van der Waals surface area contributed by atoms with Crippen molar-refractivity contribution in [3.8, 4) is 0 Å². The summed E-state index contributed by atoms with van der Waals surface area (Å²) in [4.78, 5) is 27.5. The molecule has 0 aliphatic carbocycles. The second-order valence-corrected chi connectivity index (χ2v) is 11.3. The van der Waals surface area contributed by atoms with E-state index in [1.54, 1.807) is 31.2 Å². The second kappa shape index (κ2) is 12.4. The van der Waals surface area contributed by atoms with Crippen LogP contribution in [0.1, 0.15) is 38.3 Å². The van der Waals surface area contributed by atoms with E-state index in [1.165, 1.54) is 6.92 Å². The molecule has 0 unspecified atom stereocenters. The number of amides is 2. The molecule has 0 aliphatic rings. The first-order valence-corrected chi connectivity index (χ1v) is 13.8. The van der Waals surface area contributed by atoms with Gasteiger partial charge in [-0.1, -0.05) is 42.3 Å². The Labute approximate surface area is 224 Å². The highest BCUT2D eigenvalue weighted by atomic mass is 35.5. The van der Waals surface area contributed by atoms with Crippen molar-refractivity contribution in [1.29, 1.82) is 0 Å². The molecule has 2 atom stereocenters. The molecule has 2 rings (SSSR count). The number of halogens is 5. The Balaban J connectivity index is 2.48. The normalized spacial score (nSPS) is 13.5. The van der Waals surface area contributed by atoms with Crippen LogP contribution in [0.15, 0.2) is 42.5 Å². The second-order valence-electron chi connectivity index (χ2n) is 8.58. The zero-order valence-electron chi connectivity index (χ0n) is 20.6. The van der Waals surface area contributed by atoms with Crippen LogP contribution < -0.4 is 9.62 Å². The van der Waals surface area contributed by atoms with E-state index in [1.807, 2.05) is 6.92 Å². The fourth-order valence-corrected chi connectivity index (χ4v) is 4.66. The Morgan fingerprint density at radius 2 is 1.73 bits per heavy atom. The maximum Gasteiger partial charge on any atom is 0.417 e. The van der Waals surface area contributed by atoms with Gasteiger partial charge >= 0.3 is 6.18 Å². The lowest BCUT2D eigenvalue weighted by atomic mass is 10.1. The fourth-order valence-electron chi connectivity index (χ4n) is 3.38. The Bertz CT molecular complexity index is 1240. The minimum atomic E-state index is -4.85. The summed E-state index contributed by atoms with van der Waals surface area (Å²) in [5.41, 5.74) is -1.07. The van der Waals surface area contributed by atoms with Crippen molar-refractivity contribution in [3.05, 3.63) is 63.6 Å². The molecule has 0 saturated carbocycles. The summed E-state index contributed by atoms with van der Waals surface area (Å²) in [5, 5.41) is 2.55. The van der Waals surface area contributed by atoms with Crippen molar-refractivity contribution >= 4 is 50.7 Å². The standard InChI is InChI=1S/C24H28Cl2F3N3O4S/c1-5-15(2)30-23(34)16(3)31(13-17-7-6-8-18(25)11-17)22(33)14-32(37(4,35)36)19-9-10-21(26)20(12-19)24(27,28)29/h6-12,15-16H,5,13-14H2,1-4H3,(H,30,34)/t15-,16-/m1/s1. The molecule has 0 spiro atoms. The quantitative estimate of drug-likeness (QED) is 0.422. The smallest absolute Gasteiger partial charge is 0.352 e. The first-order chi connectivity index (χ1) is 17.0. The van der Waals surface area contributed by atoms with Crippen LogP contribution in [-0.4, -0.2) is 50.0 Å². The minimum Gasteiger partial charge on any atom is -0.352 e. The van der Waals surface area contributed by atoms with Crippen molar-refractivity contribution in [1.82, 2.24) is 10.2 Å². The topological polar surface area (TPSA) is 86.8 Å². The molecule has 0 bridgehead atoms. The summed E-state index contributed by atoms with van der Waals surface area (Å²) in [7, 11) is -4.22. The van der Waals surface area contributed by atoms with Gasteiger partial charge in [0.1, 0.15) is 12.6 Å². The van der Waals surface area contributed by atoms with Crippen LogP contribution in [0.2, 0.25) is 10.0 Å². The number of nitrogens with zero attached hydrogens (tertiary/aromatic N) is 2. The Morgan fingerprint density at radius 1 is 1.08 bits per heavy atom. The van der Waals surface area contributed by atoms with Gasteiger partial charge < -0.3 is 10.2 Å². The first kappa shape index (κ1) is 30.7. The molecule has 7 nitrogen and oxygen atoms in total. The molecule has 0 aromatic heterocycles. The molecule has 0 heterocycles. The third kappa shape index (κ3) is 8.51. The highest BCUT2D eigenvalue weighted by molar-refractivity contribution is 7.92. The van der Waals surface area contributed by atoms with Gasteiger partial charge in [0.25, 0.3) is 0 Å². The molecule has 13 heteroatoms. The summed E-state index contributed by atoms with van der Waals surface area (Å²) in [6, 6.07) is 7.88. The van der Waals surface area contributed by atoms with Gasteiger partial charge in [-0.2, -0.15) is 13.2 Å². The van der Waals surface area contributed by atoms with Crippen LogP contribution in [-0.2, 0) is 32.3 Å². The molecule has 37 heavy (non-hydrogen) atoms. The number of rotatable bonds is 10. The van der Waals surface area contributed by atoms with Gasteiger partial charge in [-0.25, -0.2) is 8.42 Å². The van der Waals surface area contributed by atoms with Gasteiger partial charge in [-0.15, -0.1) is 0 Å². The van der Waals surface area contributed by atoms with Crippen molar-refractivity contribution in [2.45, 2.75) is 52.0 Å². The van der Waals surface area contributed by atoms with Crippen molar-refractivity contribution in [2.75, 3.05) is 17.1 Å². The lowest BCUT2D eigenvalue weighted by Gasteiger charge is -2.32. The molecule has 2 aromatic carbocycles. The van der Waals surface area contributed by atoms with E-state index in [0.29, 0.717) is 27.4 Å². The molecular weight excluding hydrogens is 554 g/mol. The number of benzene rings is 2. The third-order valence-electron chi connectivity index (χ3n) is 5.63. The van der Waals surface area contributed by atoms with Crippen molar-refractivity contribution < 1.29 is 31.2 Å². The summed E-state index contributed by atoms with van der Waals surface area (Å²) >= 11 is 11.7. The predicted molar refractivity (Wildman–Crippen MR) is 138 cm³/mol. The number of anilines is 1. The largest absolute Gasteiger partial charge is 0.417 e. The van der Waals surface area contributed by atoms with E-state index in [-0.39, 0.29) is 12.6 Å². The Morgan fingerprint density at radius 3 is 2.27 bits per heavy atom. The van der Waals surface area contributed by atoms with Crippen molar-refractivity contribution in [3.63, 3.8) is 0 Å². The van der Waals surface area contributed by atoms with E-state index < -0.39 is 56.9 Å². The summed E-state index contributed by atoms with van der Waals surface area (Å²) in [6.07, 6.45) is -3.44. The Kier molecular flexibility index (Phi) is 10.3. The summed E-state index contributed by atoms with van der Waals surface area (Å²) in [6.45, 7) is 4.20. The van der Waals surface area contributed by atoms with Gasteiger partial charge in [-0.3, -0.25) is 13.9 Å². The first-order valence-electron chi connectivity index (χ1n) is 11.2. The number of nitrogens with one attached hydrogen (secondary N) is 1. The fraction of sp³-hybridized carbons (Fsp3) is 0.417. The number of alkyl halides is 3. The molecule has 2 aromatic rings. The SMILES string of the molecule is CC[C@@H](C)NC(=O)[C@@H](C)N(Cc1cccc(Cl)c1)C(=O)CN(c1ccc(Cl)c(C(F)(F)F)c1)S(C)(=O)=O. The average Bonchev–Trinajstić information content (AvgIpc) is 2.79. The van der Waals surface area contributed by atoms with Gasteiger partial charge in [0.2, 0.25) is 21.8 Å². The highest BCUT2D eigenvalue weighted by Crippen LogP contribution is 2.37. The van der Waals surface area contributed by atoms with Crippen LogP contribution in [0.25, 0.3) is 0 Å². The lowest BCUT2D eigenvalue weighted by Crippen LogP contribution is -2.52. The van der Waals surface area contributed by atoms with Gasteiger partial charge in [-0.05, 0) is 56.2 Å². The zero-order valence-corrected chi connectivity index (χ0v) is 23.0. The van der Waals surface area contributed by atoms with Gasteiger partial charge in [0.05, 0.1) is 22.5 Å². The maximum atomic E-state index is 13.5. The zero-order chi connectivity index (χ0) is 28.1. The molecular formula is C24H28Cl2F3N3O4S. The molecule has 0 aliphatic heterocycles. The van der Waals surface area contributed by atoms with Gasteiger partial charge in [0.15, 0.2) is 0 Å². The number of carbonyl (C=O) groups is 2. The van der Waals surface area contributed by atoms with Crippen LogP contribution in [0.4, 0.5) is 18.9 Å². The summed E-state index contributed by atoms with van der Waals surface area (Å²) in [5.74, 6) is -1.28. The third-order valence-corrected chi connectivity index (χ3v) is 7.34. The minimum absolute atomic E-state index is 0.0967. The van der Waals surface area contributed by atoms with Crippen LogP contribution in [0.5, 0.6) is 0 Å². The molecule has 0 radical (unpaired) electrons. The van der Waals surface area contributed by atoms with E-state index >= 15 is 0 Å². The molecule has 1 N–H and O–H groups in total. The van der Waals surface area contributed by atoms with E-state index in [9.17, 15) is 31.2 Å².